The highest BCUT2D eigenvalue weighted by Gasteiger charge is 2.11. The number of nitrogens with one attached hydrogen (secondary N) is 1. The summed E-state index contributed by atoms with van der Waals surface area (Å²) in [5.41, 5.74) is 6.73. The van der Waals surface area contributed by atoms with Crippen molar-refractivity contribution >= 4 is 28.8 Å². The first-order valence-corrected chi connectivity index (χ1v) is 6.28. The van der Waals surface area contributed by atoms with Crippen LogP contribution in [0.2, 0.25) is 0 Å². The molecule has 0 bridgehead atoms. The topological polar surface area (TPSA) is 77.2 Å². The molecule has 0 fully saturated rings. The van der Waals surface area contributed by atoms with E-state index in [0.717, 1.165) is 0 Å². The summed E-state index contributed by atoms with van der Waals surface area (Å²) in [4.78, 5) is 15.5. The molecule has 0 radical (unpaired) electrons. The van der Waals surface area contributed by atoms with Crippen molar-refractivity contribution in [1.29, 1.82) is 0 Å². The van der Waals surface area contributed by atoms with Gasteiger partial charge in [-0.1, -0.05) is 24.4 Å². The molecule has 1 heterocycles. The van der Waals surface area contributed by atoms with Gasteiger partial charge in [0.2, 0.25) is 11.8 Å². The number of nitrogens with two attached hydrogens (primary N) is 1. The Morgan fingerprint density at radius 1 is 1.30 bits per heavy atom. The highest BCUT2D eigenvalue weighted by Crippen LogP contribution is 2.29. The second-order valence-corrected chi connectivity index (χ2v) is 4.44. The lowest BCUT2D eigenvalue weighted by Gasteiger charge is -2.12. The maximum Gasteiger partial charge on any atom is 0.229 e. The van der Waals surface area contributed by atoms with E-state index in [1.165, 1.54) is 6.92 Å². The first kappa shape index (κ1) is 14.0. The Labute approximate surface area is 121 Å². The number of aromatic nitrogens is 1. The number of amides is 1. The van der Waals surface area contributed by atoms with Gasteiger partial charge in [0.05, 0.1) is 11.3 Å². The fraction of sp³-hybridized carbons (Fsp3) is 0.0714. The largest absolute Gasteiger partial charge is 0.436 e. The summed E-state index contributed by atoms with van der Waals surface area (Å²) >= 11 is 4.96. The Kier molecular flexibility index (Phi) is 4.27. The Morgan fingerprint density at radius 3 is 2.75 bits per heavy atom. The summed E-state index contributed by atoms with van der Waals surface area (Å²) in [6.07, 6.45) is 1.58. The number of nitrogens with zero attached hydrogens (tertiary/aromatic N) is 1. The number of pyridine rings is 1. The number of carbonyl (C=O) groups excluding carboxylic acids is 1. The molecule has 1 amide bonds. The van der Waals surface area contributed by atoms with Crippen molar-refractivity contribution in [3.05, 3.63) is 48.2 Å². The molecular formula is C14H13N3O2S. The summed E-state index contributed by atoms with van der Waals surface area (Å²) in [6.45, 7) is 1.43. The molecule has 0 aliphatic carbocycles. The second kappa shape index (κ2) is 6.12. The molecule has 102 valence electrons. The maximum atomic E-state index is 11.2. The number of carbonyl (C=O) groups is 1. The minimum atomic E-state index is -0.184. The standard InChI is InChI=1S/C14H13N3O2S/c1-9(18)17-11-6-2-3-7-12(11)19-14-10(13(15)20)5-4-8-16-14/h2-8H,1H3,(H2,15,20)(H,17,18). The highest BCUT2D eigenvalue weighted by atomic mass is 32.1. The number of hydrogen-bond acceptors (Lipinski definition) is 4. The summed E-state index contributed by atoms with van der Waals surface area (Å²) in [6, 6.07) is 10.5. The molecule has 5 nitrogen and oxygen atoms in total. The Morgan fingerprint density at radius 2 is 2.05 bits per heavy atom. The summed E-state index contributed by atoms with van der Waals surface area (Å²) < 4.78 is 5.71. The van der Waals surface area contributed by atoms with Crippen molar-refractivity contribution in [1.82, 2.24) is 4.98 Å². The van der Waals surface area contributed by atoms with Crippen molar-refractivity contribution in [3.8, 4) is 11.6 Å². The average Bonchev–Trinajstić information content (AvgIpc) is 2.41. The summed E-state index contributed by atoms with van der Waals surface area (Å²) in [5, 5.41) is 2.69. The number of ether oxygens (including phenoxy) is 1. The predicted octanol–water partition coefficient (Wildman–Crippen LogP) is 2.47. The van der Waals surface area contributed by atoms with Crippen molar-refractivity contribution in [2.24, 2.45) is 5.73 Å². The minimum Gasteiger partial charge on any atom is -0.436 e. The van der Waals surface area contributed by atoms with Crippen LogP contribution < -0.4 is 15.8 Å². The molecule has 0 saturated heterocycles. The van der Waals surface area contributed by atoms with E-state index in [9.17, 15) is 4.79 Å². The SMILES string of the molecule is CC(=O)Nc1ccccc1Oc1ncccc1C(N)=S. The van der Waals surface area contributed by atoms with Gasteiger partial charge in [-0.2, -0.15) is 0 Å². The van der Waals surface area contributed by atoms with Gasteiger partial charge in [0.15, 0.2) is 5.75 Å². The van der Waals surface area contributed by atoms with Crippen LogP contribution in [-0.2, 0) is 4.79 Å². The van der Waals surface area contributed by atoms with Crippen LogP contribution in [0.15, 0.2) is 42.6 Å². The van der Waals surface area contributed by atoms with E-state index < -0.39 is 0 Å². The molecule has 0 aliphatic rings. The van der Waals surface area contributed by atoms with Gasteiger partial charge in [-0.05, 0) is 24.3 Å². The van der Waals surface area contributed by atoms with Gasteiger partial charge >= 0.3 is 0 Å². The van der Waals surface area contributed by atoms with Crippen molar-refractivity contribution < 1.29 is 9.53 Å². The van der Waals surface area contributed by atoms with Crippen LogP contribution in [-0.4, -0.2) is 15.9 Å². The fourth-order valence-electron chi connectivity index (χ4n) is 1.61. The lowest BCUT2D eigenvalue weighted by Crippen LogP contribution is -2.12. The molecule has 20 heavy (non-hydrogen) atoms. The van der Waals surface area contributed by atoms with Crippen LogP contribution in [0.4, 0.5) is 5.69 Å². The molecule has 0 unspecified atom stereocenters. The molecule has 6 heteroatoms. The zero-order valence-electron chi connectivity index (χ0n) is 10.8. The highest BCUT2D eigenvalue weighted by molar-refractivity contribution is 7.80. The maximum absolute atomic E-state index is 11.2. The number of thiocarbonyl (C=S) groups is 1. The Balaban J connectivity index is 2.35. The normalized spacial score (nSPS) is 9.85. The molecule has 0 spiro atoms. The molecule has 0 saturated carbocycles. The quantitative estimate of drug-likeness (QED) is 0.845. The smallest absolute Gasteiger partial charge is 0.229 e. The monoisotopic (exact) mass is 287 g/mol. The molecule has 0 aliphatic heterocycles. The van der Waals surface area contributed by atoms with Crippen LogP contribution in [0.5, 0.6) is 11.6 Å². The molecule has 1 aromatic heterocycles. The first-order valence-electron chi connectivity index (χ1n) is 5.87. The van der Waals surface area contributed by atoms with E-state index in [4.69, 9.17) is 22.7 Å². The first-order chi connectivity index (χ1) is 9.58. The fourth-order valence-corrected chi connectivity index (χ4v) is 1.77. The molecule has 2 rings (SSSR count). The van der Waals surface area contributed by atoms with Gasteiger partial charge in [0, 0.05) is 13.1 Å². The van der Waals surface area contributed by atoms with E-state index in [1.807, 2.05) is 0 Å². The van der Waals surface area contributed by atoms with Crippen LogP contribution in [0.1, 0.15) is 12.5 Å². The number of hydrogen-bond donors (Lipinski definition) is 2. The van der Waals surface area contributed by atoms with Gasteiger partial charge in [-0.15, -0.1) is 0 Å². The van der Waals surface area contributed by atoms with Crippen LogP contribution in [0.25, 0.3) is 0 Å². The van der Waals surface area contributed by atoms with Gasteiger partial charge in [0.1, 0.15) is 4.99 Å². The number of para-hydroxylation sites is 2. The van der Waals surface area contributed by atoms with E-state index in [2.05, 4.69) is 10.3 Å². The second-order valence-electron chi connectivity index (χ2n) is 4.00. The van der Waals surface area contributed by atoms with Crippen LogP contribution in [0, 0.1) is 0 Å². The third-order valence-electron chi connectivity index (χ3n) is 2.44. The van der Waals surface area contributed by atoms with Crippen LogP contribution >= 0.6 is 12.2 Å². The lowest BCUT2D eigenvalue weighted by atomic mass is 10.2. The van der Waals surface area contributed by atoms with Crippen molar-refractivity contribution in [3.63, 3.8) is 0 Å². The van der Waals surface area contributed by atoms with E-state index >= 15 is 0 Å². The third-order valence-corrected chi connectivity index (χ3v) is 2.66. The van der Waals surface area contributed by atoms with E-state index in [0.29, 0.717) is 22.9 Å². The van der Waals surface area contributed by atoms with Crippen molar-refractivity contribution in [2.45, 2.75) is 6.92 Å². The lowest BCUT2D eigenvalue weighted by molar-refractivity contribution is -0.114. The Hall–Kier alpha value is -2.47. The molecule has 2 aromatic rings. The van der Waals surface area contributed by atoms with Crippen molar-refractivity contribution in [2.75, 3.05) is 5.32 Å². The van der Waals surface area contributed by atoms with Gasteiger partial charge in [-0.25, -0.2) is 4.98 Å². The third kappa shape index (κ3) is 3.30. The average molecular weight is 287 g/mol. The van der Waals surface area contributed by atoms with Gasteiger partial charge in [0.25, 0.3) is 0 Å². The van der Waals surface area contributed by atoms with Crippen LogP contribution in [0.3, 0.4) is 0 Å². The summed E-state index contributed by atoms with van der Waals surface area (Å²) in [7, 11) is 0. The molecule has 0 atom stereocenters. The molecular weight excluding hydrogens is 274 g/mol. The van der Waals surface area contributed by atoms with E-state index in [1.54, 1.807) is 42.6 Å². The predicted molar refractivity (Wildman–Crippen MR) is 80.9 cm³/mol. The van der Waals surface area contributed by atoms with Gasteiger partial charge < -0.3 is 15.8 Å². The number of rotatable bonds is 4. The molecule has 3 N–H and O–H groups in total. The Bertz CT molecular complexity index is 658. The zero-order chi connectivity index (χ0) is 14.5. The minimum absolute atomic E-state index is 0.184. The summed E-state index contributed by atoms with van der Waals surface area (Å²) in [5.74, 6) is 0.591. The van der Waals surface area contributed by atoms with E-state index in [-0.39, 0.29) is 10.9 Å². The number of anilines is 1. The molecule has 1 aromatic carbocycles. The van der Waals surface area contributed by atoms with Gasteiger partial charge in [-0.3, -0.25) is 4.79 Å². The zero-order valence-corrected chi connectivity index (χ0v) is 11.6. The number of benzene rings is 1.